The molecule has 0 amide bonds. The zero-order valence-corrected chi connectivity index (χ0v) is 14.5. The molecule has 15 heteroatoms. The summed E-state index contributed by atoms with van der Waals surface area (Å²) in [5, 5.41) is 8.37. The molecule has 0 aromatic rings. The highest BCUT2D eigenvalue weighted by molar-refractivity contribution is 9.09. The third kappa shape index (κ3) is 16.9. The van der Waals surface area contributed by atoms with Crippen molar-refractivity contribution in [1.29, 1.82) is 0 Å². The molecule has 0 bridgehead atoms. The largest absolute Gasteiger partial charge is 0.423 e. The number of aliphatic hydroxyl groups excluding tert-OH is 1. The second-order valence-corrected chi connectivity index (χ2v) is 4.66. The highest BCUT2D eigenvalue weighted by Crippen LogP contribution is 2.35. The van der Waals surface area contributed by atoms with E-state index in [9.17, 15) is 52.7 Å². The number of allylic oxidation sites excluding steroid dienone is 1. The minimum Gasteiger partial charge on any atom is -0.377 e. The first-order valence-corrected chi connectivity index (χ1v) is 7.23. The maximum absolute atomic E-state index is 11.7. The Morgan fingerprint density at radius 3 is 1.15 bits per heavy atom. The van der Waals surface area contributed by atoms with Crippen LogP contribution < -0.4 is 0 Å². The number of ether oxygens (including phenoxy) is 1. The molecule has 1 N–H and O–H groups in total. The molecule has 0 aromatic carbocycles. The first-order valence-electron chi connectivity index (χ1n) is 6.11. The Morgan fingerprint density at radius 2 is 1.04 bits per heavy atom. The van der Waals surface area contributed by atoms with Crippen molar-refractivity contribution in [2.45, 2.75) is 36.9 Å². The van der Waals surface area contributed by atoms with Crippen LogP contribution in [0.2, 0.25) is 0 Å². The Morgan fingerprint density at radius 1 is 0.741 bits per heavy atom. The molecule has 0 unspecified atom stereocenters. The van der Waals surface area contributed by atoms with E-state index >= 15 is 0 Å². The maximum Gasteiger partial charge on any atom is 0.423 e. The Labute approximate surface area is 153 Å². The molecular formula is C12H13BrF12O2. The smallest absolute Gasteiger partial charge is 0.377 e. The first-order chi connectivity index (χ1) is 11.8. The van der Waals surface area contributed by atoms with Gasteiger partial charge in [0.2, 0.25) is 12.2 Å². The summed E-state index contributed by atoms with van der Waals surface area (Å²) < 4.78 is 139. The van der Waals surface area contributed by atoms with Gasteiger partial charge in [0.25, 0.3) is 0 Å². The van der Waals surface area contributed by atoms with E-state index in [0.29, 0.717) is 0 Å². The quantitative estimate of drug-likeness (QED) is 0.306. The van der Waals surface area contributed by atoms with Crippen molar-refractivity contribution >= 4 is 15.9 Å². The van der Waals surface area contributed by atoms with Gasteiger partial charge in [0.05, 0.1) is 6.61 Å². The average molecular weight is 497 g/mol. The average Bonchev–Trinajstić information content (AvgIpc) is 2.43. The highest BCUT2D eigenvalue weighted by Gasteiger charge is 2.58. The van der Waals surface area contributed by atoms with E-state index in [1.54, 1.807) is 6.08 Å². The molecule has 0 saturated carbocycles. The SMILES string of the molecule is C=CCBr.C=CCOC(C(F)(F)F)C(F)(F)F.OC(C(F)(F)F)C(F)(F)F. The zero-order valence-electron chi connectivity index (χ0n) is 12.9. The van der Waals surface area contributed by atoms with Crippen molar-refractivity contribution in [2.75, 3.05) is 11.9 Å². The molecule has 0 aliphatic rings. The second-order valence-electron chi connectivity index (χ2n) is 4.01. The molecule has 27 heavy (non-hydrogen) atoms. The summed E-state index contributed by atoms with van der Waals surface area (Å²) in [5.41, 5.74) is 0. The summed E-state index contributed by atoms with van der Waals surface area (Å²) >= 11 is 3.13. The number of hydrogen-bond donors (Lipinski definition) is 1. The third-order valence-corrected chi connectivity index (χ3v) is 2.16. The van der Waals surface area contributed by atoms with Crippen molar-refractivity contribution in [3.8, 4) is 0 Å². The molecule has 0 atom stereocenters. The molecular weight excluding hydrogens is 484 g/mol. The molecule has 0 saturated heterocycles. The number of halogens is 13. The zero-order chi connectivity index (χ0) is 22.7. The first kappa shape index (κ1) is 30.8. The van der Waals surface area contributed by atoms with Crippen molar-refractivity contribution in [3.05, 3.63) is 25.3 Å². The van der Waals surface area contributed by atoms with Gasteiger partial charge in [0.15, 0.2) is 0 Å². The summed E-state index contributed by atoms with van der Waals surface area (Å²) in [6, 6.07) is 0. The summed E-state index contributed by atoms with van der Waals surface area (Å²) in [6.45, 7) is 5.57. The molecule has 0 radical (unpaired) electrons. The lowest BCUT2D eigenvalue weighted by Gasteiger charge is -2.22. The van der Waals surface area contributed by atoms with Gasteiger partial charge in [-0.2, -0.15) is 52.7 Å². The molecule has 0 spiro atoms. The summed E-state index contributed by atoms with van der Waals surface area (Å²) in [7, 11) is 0. The fourth-order valence-electron chi connectivity index (χ4n) is 0.724. The molecule has 0 fully saturated rings. The fraction of sp³-hybridized carbons (Fsp3) is 0.667. The topological polar surface area (TPSA) is 29.5 Å². The van der Waals surface area contributed by atoms with Gasteiger partial charge in [0, 0.05) is 5.33 Å². The molecule has 164 valence electrons. The summed E-state index contributed by atoms with van der Waals surface area (Å²) in [6.07, 6.45) is -27.5. The summed E-state index contributed by atoms with van der Waals surface area (Å²) in [4.78, 5) is 0. The van der Waals surface area contributed by atoms with Crippen LogP contribution in [-0.4, -0.2) is 54.0 Å². The Balaban J connectivity index is -0.000000364. The third-order valence-electron chi connectivity index (χ3n) is 1.70. The van der Waals surface area contributed by atoms with Gasteiger partial charge in [-0.15, -0.1) is 13.2 Å². The van der Waals surface area contributed by atoms with Gasteiger partial charge in [-0.1, -0.05) is 28.1 Å². The Bertz CT molecular complexity index is 383. The van der Waals surface area contributed by atoms with Crippen molar-refractivity contribution < 1.29 is 62.5 Å². The van der Waals surface area contributed by atoms with Crippen LogP contribution in [0.15, 0.2) is 25.3 Å². The number of hydrogen-bond acceptors (Lipinski definition) is 2. The van der Waals surface area contributed by atoms with E-state index < -0.39 is 43.5 Å². The van der Waals surface area contributed by atoms with Gasteiger partial charge < -0.3 is 9.84 Å². The van der Waals surface area contributed by atoms with Crippen LogP contribution in [0.3, 0.4) is 0 Å². The molecule has 0 aliphatic heterocycles. The molecule has 2 nitrogen and oxygen atoms in total. The van der Waals surface area contributed by atoms with Crippen LogP contribution in [0.4, 0.5) is 52.7 Å². The van der Waals surface area contributed by atoms with E-state index in [1.165, 1.54) is 0 Å². The Kier molecular flexibility index (Phi) is 14.2. The van der Waals surface area contributed by atoms with Crippen LogP contribution in [-0.2, 0) is 4.74 Å². The van der Waals surface area contributed by atoms with Crippen LogP contribution in [0.5, 0.6) is 0 Å². The van der Waals surface area contributed by atoms with E-state index in [0.717, 1.165) is 11.4 Å². The minimum atomic E-state index is -5.63. The van der Waals surface area contributed by atoms with Gasteiger partial charge >= 0.3 is 24.7 Å². The second kappa shape index (κ2) is 12.5. The number of aliphatic hydroxyl groups is 1. The van der Waals surface area contributed by atoms with Crippen LogP contribution in [0, 0.1) is 0 Å². The van der Waals surface area contributed by atoms with Gasteiger partial charge in [-0.05, 0) is 0 Å². The fourth-order valence-corrected chi connectivity index (χ4v) is 0.724. The standard InChI is InChI=1S/C6H6F6O.C3H5Br.C3H2F6O/c1-2-3-13-4(5(7,8)9)6(10,11)12;1-2-3-4;4-2(5,6)1(10)3(7,8)9/h2,4H,1,3H2;2H,1,3H2;1,10H. The molecule has 0 aliphatic carbocycles. The number of alkyl halides is 13. The van der Waals surface area contributed by atoms with E-state index in [1.807, 2.05) is 0 Å². The minimum absolute atomic E-state index is 0.802. The predicted molar refractivity (Wildman–Crippen MR) is 74.2 cm³/mol. The lowest BCUT2D eigenvalue weighted by atomic mass is 10.3. The van der Waals surface area contributed by atoms with E-state index in [-0.39, 0.29) is 0 Å². The highest BCUT2D eigenvalue weighted by atomic mass is 79.9. The normalized spacial score (nSPS) is 12.7. The van der Waals surface area contributed by atoms with E-state index in [4.69, 9.17) is 5.11 Å². The number of rotatable bonds is 4. The van der Waals surface area contributed by atoms with Gasteiger partial charge in [-0.3, -0.25) is 0 Å². The Hall–Kier alpha value is -0.960. The predicted octanol–water partition coefficient (Wildman–Crippen LogP) is 5.72. The lowest BCUT2D eigenvalue weighted by Crippen LogP contribution is -2.44. The lowest BCUT2D eigenvalue weighted by molar-refractivity contribution is -0.319. The van der Waals surface area contributed by atoms with Crippen LogP contribution in [0.25, 0.3) is 0 Å². The van der Waals surface area contributed by atoms with Crippen molar-refractivity contribution in [1.82, 2.24) is 0 Å². The molecule has 0 aromatic heterocycles. The van der Waals surface area contributed by atoms with Gasteiger partial charge in [-0.25, -0.2) is 0 Å². The maximum atomic E-state index is 11.7. The molecule has 0 rings (SSSR count). The molecule has 0 heterocycles. The summed E-state index contributed by atoms with van der Waals surface area (Å²) in [5.74, 6) is 0. The van der Waals surface area contributed by atoms with Crippen molar-refractivity contribution in [3.63, 3.8) is 0 Å². The monoisotopic (exact) mass is 496 g/mol. The van der Waals surface area contributed by atoms with Crippen molar-refractivity contribution in [2.24, 2.45) is 0 Å². The van der Waals surface area contributed by atoms with Crippen LogP contribution >= 0.6 is 15.9 Å². The van der Waals surface area contributed by atoms with E-state index in [2.05, 4.69) is 33.8 Å². The van der Waals surface area contributed by atoms with Crippen LogP contribution in [0.1, 0.15) is 0 Å². The van der Waals surface area contributed by atoms with Gasteiger partial charge in [0.1, 0.15) is 0 Å².